The van der Waals surface area contributed by atoms with E-state index in [0.717, 1.165) is 31.3 Å². The smallest absolute Gasteiger partial charge is 0.0991 e. The Morgan fingerprint density at radius 1 is 1.27 bits per heavy atom. The van der Waals surface area contributed by atoms with Crippen LogP contribution in [-0.2, 0) is 0 Å². The number of nitriles is 1. The van der Waals surface area contributed by atoms with Gasteiger partial charge in [-0.25, -0.2) is 0 Å². The lowest BCUT2D eigenvalue weighted by Crippen LogP contribution is -1.78. The van der Waals surface area contributed by atoms with E-state index >= 15 is 0 Å². The zero-order chi connectivity index (χ0) is 11.5. The molecule has 1 nitrogen and oxygen atoms in total. The number of nitrogens with zero attached hydrogens (tertiary/aromatic N) is 1. The van der Waals surface area contributed by atoms with E-state index in [1.54, 1.807) is 0 Å². The molecule has 0 aliphatic carbocycles. The van der Waals surface area contributed by atoms with Crippen LogP contribution in [0, 0.1) is 11.3 Å². The van der Waals surface area contributed by atoms with Crippen LogP contribution < -0.4 is 0 Å². The molecule has 0 rings (SSSR count). The molecule has 0 amide bonds. The van der Waals surface area contributed by atoms with Gasteiger partial charge in [-0.2, -0.15) is 5.26 Å². The molecule has 82 valence electrons. The fraction of sp³-hybridized carbons (Fsp3) is 0.500. The van der Waals surface area contributed by atoms with Crippen molar-refractivity contribution in [1.82, 2.24) is 0 Å². The molecule has 0 aliphatic rings. The van der Waals surface area contributed by atoms with Gasteiger partial charge in [0.2, 0.25) is 0 Å². The molecular formula is C14H21N. The zero-order valence-corrected chi connectivity index (χ0v) is 10.1. The van der Waals surface area contributed by atoms with Crippen molar-refractivity contribution in [3.8, 4) is 6.07 Å². The molecule has 0 unspecified atom stereocenters. The largest absolute Gasteiger partial charge is 0.192 e. The van der Waals surface area contributed by atoms with E-state index in [4.69, 9.17) is 5.26 Å². The van der Waals surface area contributed by atoms with Crippen LogP contribution in [-0.4, -0.2) is 0 Å². The molecule has 0 N–H and O–H groups in total. The minimum atomic E-state index is 0.744. The Hall–Kier alpha value is -1.29. The Bertz CT molecular complexity index is 287. The zero-order valence-electron chi connectivity index (χ0n) is 10.1. The van der Waals surface area contributed by atoms with Gasteiger partial charge in [0.25, 0.3) is 0 Å². The first kappa shape index (κ1) is 13.7. The standard InChI is InChI=1S/C14H21N/c1-4-6-7-8-10-14(12-15)11-13(3)9-5-2/h7-8,10-11H,4-6,9H2,1-3H3/b8-7-,13-11+,14-10+. The minimum Gasteiger partial charge on any atom is -0.192 e. The Kier molecular flexibility index (Phi) is 8.47. The highest BCUT2D eigenvalue weighted by Crippen LogP contribution is 2.07. The SMILES string of the molecule is CCC\C=C/C=C(C#N)\C=C(/C)CCC. The summed E-state index contributed by atoms with van der Waals surface area (Å²) in [6.07, 6.45) is 12.3. The fourth-order valence-electron chi connectivity index (χ4n) is 1.28. The van der Waals surface area contributed by atoms with Crippen LogP contribution in [0.15, 0.2) is 35.5 Å². The maximum Gasteiger partial charge on any atom is 0.0991 e. The highest BCUT2D eigenvalue weighted by atomic mass is 14.2. The summed E-state index contributed by atoms with van der Waals surface area (Å²) < 4.78 is 0. The van der Waals surface area contributed by atoms with Crippen molar-refractivity contribution in [2.24, 2.45) is 0 Å². The van der Waals surface area contributed by atoms with Gasteiger partial charge >= 0.3 is 0 Å². The van der Waals surface area contributed by atoms with Gasteiger partial charge in [0.15, 0.2) is 0 Å². The predicted molar refractivity (Wildman–Crippen MR) is 66.4 cm³/mol. The second kappa shape index (κ2) is 9.27. The van der Waals surface area contributed by atoms with Gasteiger partial charge in [-0.1, -0.05) is 44.4 Å². The molecule has 0 saturated heterocycles. The number of unbranched alkanes of at least 4 members (excludes halogenated alkanes) is 1. The van der Waals surface area contributed by atoms with Crippen molar-refractivity contribution in [2.45, 2.75) is 46.5 Å². The van der Waals surface area contributed by atoms with Gasteiger partial charge in [0.05, 0.1) is 11.6 Å². The van der Waals surface area contributed by atoms with E-state index in [0.29, 0.717) is 0 Å². The molecular weight excluding hydrogens is 182 g/mol. The van der Waals surface area contributed by atoms with Gasteiger partial charge in [-0.05, 0) is 31.9 Å². The Labute approximate surface area is 93.8 Å². The number of rotatable bonds is 6. The summed E-state index contributed by atoms with van der Waals surface area (Å²) >= 11 is 0. The molecule has 0 fully saturated rings. The Balaban J connectivity index is 4.37. The average molecular weight is 203 g/mol. The molecule has 15 heavy (non-hydrogen) atoms. The summed E-state index contributed by atoms with van der Waals surface area (Å²) in [4.78, 5) is 0. The third-order valence-corrected chi connectivity index (χ3v) is 2.04. The lowest BCUT2D eigenvalue weighted by molar-refractivity contribution is 0.905. The topological polar surface area (TPSA) is 23.8 Å². The molecule has 0 radical (unpaired) electrons. The monoisotopic (exact) mass is 203 g/mol. The van der Waals surface area contributed by atoms with Crippen molar-refractivity contribution >= 4 is 0 Å². The molecule has 0 spiro atoms. The van der Waals surface area contributed by atoms with E-state index in [-0.39, 0.29) is 0 Å². The van der Waals surface area contributed by atoms with Gasteiger partial charge < -0.3 is 0 Å². The molecule has 0 aromatic carbocycles. The van der Waals surface area contributed by atoms with Crippen molar-refractivity contribution in [1.29, 1.82) is 5.26 Å². The van der Waals surface area contributed by atoms with Crippen molar-refractivity contribution < 1.29 is 0 Å². The summed E-state index contributed by atoms with van der Waals surface area (Å²) in [5.74, 6) is 0. The summed E-state index contributed by atoms with van der Waals surface area (Å²) in [6, 6.07) is 2.20. The first-order chi connectivity index (χ1) is 7.24. The van der Waals surface area contributed by atoms with Crippen LogP contribution in [0.5, 0.6) is 0 Å². The maximum absolute atomic E-state index is 8.90. The Morgan fingerprint density at radius 3 is 2.53 bits per heavy atom. The molecule has 1 heteroatoms. The van der Waals surface area contributed by atoms with Gasteiger partial charge in [0.1, 0.15) is 0 Å². The second-order valence-electron chi connectivity index (χ2n) is 3.69. The maximum atomic E-state index is 8.90. The lowest BCUT2D eigenvalue weighted by Gasteiger charge is -1.95. The summed E-state index contributed by atoms with van der Waals surface area (Å²) in [5, 5.41) is 8.90. The highest BCUT2D eigenvalue weighted by molar-refractivity contribution is 5.37. The number of hydrogen-bond acceptors (Lipinski definition) is 1. The summed E-state index contributed by atoms with van der Waals surface area (Å²) in [7, 11) is 0. The van der Waals surface area contributed by atoms with Gasteiger partial charge in [-0.3, -0.25) is 0 Å². The molecule has 0 atom stereocenters. The van der Waals surface area contributed by atoms with Crippen LogP contribution in [0.2, 0.25) is 0 Å². The van der Waals surface area contributed by atoms with Crippen LogP contribution in [0.25, 0.3) is 0 Å². The normalized spacial score (nSPS) is 13.2. The van der Waals surface area contributed by atoms with E-state index in [2.05, 4.69) is 32.9 Å². The van der Waals surface area contributed by atoms with E-state index in [1.165, 1.54) is 5.57 Å². The first-order valence-electron chi connectivity index (χ1n) is 5.68. The van der Waals surface area contributed by atoms with Gasteiger partial charge in [0, 0.05) is 0 Å². The molecule has 0 saturated carbocycles. The molecule has 0 aromatic rings. The minimum absolute atomic E-state index is 0.744. The number of allylic oxidation sites excluding steroid dienone is 6. The van der Waals surface area contributed by atoms with Crippen LogP contribution in [0.4, 0.5) is 0 Å². The Morgan fingerprint density at radius 2 is 2.00 bits per heavy atom. The van der Waals surface area contributed by atoms with E-state index in [1.807, 2.05) is 18.2 Å². The van der Waals surface area contributed by atoms with E-state index in [9.17, 15) is 0 Å². The van der Waals surface area contributed by atoms with Crippen molar-refractivity contribution in [3.05, 3.63) is 35.5 Å². The quantitative estimate of drug-likeness (QED) is 0.459. The highest BCUT2D eigenvalue weighted by Gasteiger charge is 1.91. The fourth-order valence-corrected chi connectivity index (χ4v) is 1.28. The van der Waals surface area contributed by atoms with Crippen molar-refractivity contribution in [2.75, 3.05) is 0 Å². The average Bonchev–Trinajstić information content (AvgIpc) is 2.23. The first-order valence-corrected chi connectivity index (χ1v) is 5.68. The third kappa shape index (κ3) is 7.76. The molecule has 0 bridgehead atoms. The summed E-state index contributed by atoms with van der Waals surface area (Å²) in [5.41, 5.74) is 2.02. The third-order valence-electron chi connectivity index (χ3n) is 2.04. The molecule has 0 heterocycles. The second-order valence-corrected chi connectivity index (χ2v) is 3.69. The number of hydrogen-bond donors (Lipinski definition) is 0. The van der Waals surface area contributed by atoms with Crippen LogP contribution in [0.3, 0.4) is 0 Å². The predicted octanol–water partition coefficient (Wildman–Crippen LogP) is 4.54. The van der Waals surface area contributed by atoms with Crippen molar-refractivity contribution in [3.63, 3.8) is 0 Å². The van der Waals surface area contributed by atoms with Crippen LogP contribution >= 0.6 is 0 Å². The molecule has 0 aromatic heterocycles. The molecule has 0 aliphatic heterocycles. The van der Waals surface area contributed by atoms with Crippen LogP contribution in [0.1, 0.15) is 46.5 Å². The van der Waals surface area contributed by atoms with Gasteiger partial charge in [-0.15, -0.1) is 0 Å². The lowest BCUT2D eigenvalue weighted by atomic mass is 10.1. The van der Waals surface area contributed by atoms with E-state index < -0.39 is 0 Å². The summed E-state index contributed by atoms with van der Waals surface area (Å²) in [6.45, 7) is 6.36.